The van der Waals surface area contributed by atoms with Crippen LogP contribution in [0.25, 0.3) is 10.2 Å². The van der Waals surface area contributed by atoms with Crippen molar-refractivity contribution >= 4 is 21.6 Å². The lowest BCUT2D eigenvalue weighted by atomic mass is 10.4. The van der Waals surface area contributed by atoms with Gasteiger partial charge in [0.1, 0.15) is 0 Å². The quantitative estimate of drug-likeness (QED) is 0.583. The van der Waals surface area contributed by atoms with E-state index in [0.717, 1.165) is 5.52 Å². The Morgan fingerprint density at radius 1 is 1.27 bits per heavy atom. The number of fused-ring (bicyclic) bond motifs is 1. The van der Waals surface area contributed by atoms with E-state index in [0.29, 0.717) is 0 Å². The monoisotopic (exact) mass is 165 g/mol. The van der Waals surface area contributed by atoms with Crippen LogP contribution in [0.4, 0.5) is 0 Å². The van der Waals surface area contributed by atoms with E-state index >= 15 is 0 Å². The molecule has 0 N–H and O–H groups in total. The molecule has 1 nitrogen and oxygen atoms in total. The topological polar surface area (TPSA) is 12.9 Å². The summed E-state index contributed by atoms with van der Waals surface area (Å²) in [6.07, 6.45) is 1.81. The summed E-state index contributed by atoms with van der Waals surface area (Å²) in [5.74, 6) is 0. The molecule has 2 aromatic heterocycles. The lowest BCUT2D eigenvalue weighted by Crippen LogP contribution is -1.65. The highest BCUT2D eigenvalue weighted by Crippen LogP contribution is 2.16. The largest absolute Gasteiger partial charge is 0.255 e. The molecule has 2 heterocycles. The van der Waals surface area contributed by atoms with Crippen molar-refractivity contribution in [3.05, 3.63) is 29.8 Å². The number of nitrogens with zero attached hydrogens (tertiary/aromatic N) is 1. The summed E-state index contributed by atoms with van der Waals surface area (Å²) in [6.45, 7) is 4.00. The Hall–Kier alpha value is -0.890. The van der Waals surface area contributed by atoms with Crippen LogP contribution in [-0.4, -0.2) is 4.98 Å². The van der Waals surface area contributed by atoms with Gasteiger partial charge < -0.3 is 0 Å². The Morgan fingerprint density at radius 2 is 2.09 bits per heavy atom. The standard InChI is InChI=1S/C7H5NS.C2H6/c1-2-7-6(8-4-1)3-5-9-7;1-2/h1-5H;1-2H3. The summed E-state index contributed by atoms with van der Waals surface area (Å²) >= 11 is 1.72. The van der Waals surface area contributed by atoms with Crippen molar-refractivity contribution in [1.29, 1.82) is 0 Å². The van der Waals surface area contributed by atoms with Gasteiger partial charge in [-0.15, -0.1) is 11.3 Å². The number of hydrogen-bond acceptors (Lipinski definition) is 2. The zero-order valence-corrected chi connectivity index (χ0v) is 7.56. The van der Waals surface area contributed by atoms with Crippen LogP contribution in [0.3, 0.4) is 0 Å². The van der Waals surface area contributed by atoms with Gasteiger partial charge in [0.15, 0.2) is 0 Å². The summed E-state index contributed by atoms with van der Waals surface area (Å²) in [6, 6.07) is 6.06. The Bertz CT molecular complexity index is 284. The minimum absolute atomic E-state index is 1.10. The zero-order chi connectivity index (χ0) is 8.10. The Labute approximate surface area is 70.7 Å². The van der Waals surface area contributed by atoms with Gasteiger partial charge in [0.2, 0.25) is 0 Å². The van der Waals surface area contributed by atoms with Gasteiger partial charge in [-0.1, -0.05) is 13.8 Å². The third-order valence-corrected chi connectivity index (χ3v) is 2.09. The minimum Gasteiger partial charge on any atom is -0.255 e. The molecule has 2 heteroatoms. The van der Waals surface area contributed by atoms with Gasteiger partial charge in [0.25, 0.3) is 0 Å². The SMILES string of the molecule is CC.c1cnc2ccsc2c1. The van der Waals surface area contributed by atoms with Gasteiger partial charge in [-0.3, -0.25) is 4.98 Å². The van der Waals surface area contributed by atoms with Crippen LogP contribution >= 0.6 is 11.3 Å². The van der Waals surface area contributed by atoms with Crippen molar-refractivity contribution in [2.24, 2.45) is 0 Å². The van der Waals surface area contributed by atoms with Crippen LogP contribution in [0.15, 0.2) is 29.8 Å². The molecule has 0 amide bonds. The van der Waals surface area contributed by atoms with Gasteiger partial charge >= 0.3 is 0 Å². The molecule has 0 atom stereocenters. The van der Waals surface area contributed by atoms with Crippen molar-refractivity contribution in [2.45, 2.75) is 13.8 Å². The van der Waals surface area contributed by atoms with Gasteiger partial charge in [0, 0.05) is 6.20 Å². The van der Waals surface area contributed by atoms with E-state index in [9.17, 15) is 0 Å². The minimum atomic E-state index is 1.10. The average molecular weight is 165 g/mol. The van der Waals surface area contributed by atoms with Crippen molar-refractivity contribution in [3.63, 3.8) is 0 Å². The predicted molar refractivity (Wildman–Crippen MR) is 51.0 cm³/mol. The van der Waals surface area contributed by atoms with Crippen LogP contribution in [-0.2, 0) is 0 Å². The van der Waals surface area contributed by atoms with Gasteiger partial charge in [-0.25, -0.2) is 0 Å². The smallest absolute Gasteiger partial charge is 0.0809 e. The van der Waals surface area contributed by atoms with Crippen LogP contribution < -0.4 is 0 Å². The molecular formula is C9H11NS. The van der Waals surface area contributed by atoms with Gasteiger partial charge in [-0.2, -0.15) is 0 Å². The molecule has 2 rings (SSSR count). The maximum Gasteiger partial charge on any atom is 0.0809 e. The van der Waals surface area contributed by atoms with Gasteiger partial charge in [0.05, 0.1) is 10.2 Å². The highest BCUT2D eigenvalue weighted by Gasteiger charge is 1.89. The molecular weight excluding hydrogens is 154 g/mol. The Morgan fingerprint density at radius 3 is 2.82 bits per heavy atom. The van der Waals surface area contributed by atoms with E-state index in [2.05, 4.69) is 16.4 Å². The van der Waals surface area contributed by atoms with Crippen molar-refractivity contribution < 1.29 is 0 Å². The number of pyridine rings is 1. The molecule has 0 aliphatic carbocycles. The predicted octanol–water partition coefficient (Wildman–Crippen LogP) is 3.32. The first-order chi connectivity index (χ1) is 5.47. The first-order valence-corrected chi connectivity index (χ1v) is 4.63. The normalized spacial score (nSPS) is 8.91. The van der Waals surface area contributed by atoms with Crippen LogP contribution in [0.5, 0.6) is 0 Å². The second kappa shape index (κ2) is 4.09. The third kappa shape index (κ3) is 1.77. The van der Waals surface area contributed by atoms with Crippen molar-refractivity contribution in [1.82, 2.24) is 4.98 Å². The molecule has 0 aromatic carbocycles. The fourth-order valence-electron chi connectivity index (χ4n) is 0.799. The lowest BCUT2D eigenvalue weighted by molar-refractivity contribution is 1.43. The molecule has 0 aliphatic heterocycles. The maximum atomic E-state index is 4.15. The molecule has 0 fully saturated rings. The third-order valence-electron chi connectivity index (χ3n) is 1.22. The summed E-state index contributed by atoms with van der Waals surface area (Å²) in [7, 11) is 0. The molecule has 0 aliphatic rings. The van der Waals surface area contributed by atoms with E-state index in [1.54, 1.807) is 11.3 Å². The van der Waals surface area contributed by atoms with E-state index < -0.39 is 0 Å². The fraction of sp³-hybridized carbons (Fsp3) is 0.222. The van der Waals surface area contributed by atoms with Crippen LogP contribution in [0.2, 0.25) is 0 Å². The second-order valence-corrected chi connectivity index (χ2v) is 2.76. The molecule has 0 saturated heterocycles. The number of rotatable bonds is 0. The van der Waals surface area contributed by atoms with Crippen LogP contribution in [0.1, 0.15) is 13.8 Å². The first-order valence-electron chi connectivity index (χ1n) is 3.75. The molecule has 11 heavy (non-hydrogen) atoms. The number of thiophene rings is 1. The highest BCUT2D eigenvalue weighted by atomic mass is 32.1. The molecule has 0 spiro atoms. The molecule has 0 saturated carbocycles. The van der Waals surface area contributed by atoms with Gasteiger partial charge in [-0.05, 0) is 23.6 Å². The highest BCUT2D eigenvalue weighted by molar-refractivity contribution is 7.17. The number of hydrogen-bond donors (Lipinski definition) is 0. The maximum absolute atomic E-state index is 4.15. The first kappa shape index (κ1) is 8.21. The van der Waals surface area contributed by atoms with Crippen LogP contribution in [0, 0.1) is 0 Å². The number of aromatic nitrogens is 1. The molecule has 0 unspecified atom stereocenters. The molecule has 0 bridgehead atoms. The molecule has 0 radical (unpaired) electrons. The Kier molecular flexibility index (Phi) is 3.05. The van der Waals surface area contributed by atoms with E-state index in [1.165, 1.54) is 4.70 Å². The molecule has 58 valence electrons. The molecule has 2 aromatic rings. The lowest BCUT2D eigenvalue weighted by Gasteiger charge is -1.81. The van der Waals surface area contributed by atoms with Crippen molar-refractivity contribution in [3.8, 4) is 0 Å². The Balaban J connectivity index is 0.000000281. The van der Waals surface area contributed by atoms with E-state index in [-0.39, 0.29) is 0 Å². The summed E-state index contributed by atoms with van der Waals surface area (Å²) in [5.41, 5.74) is 1.10. The summed E-state index contributed by atoms with van der Waals surface area (Å²) in [5, 5.41) is 2.05. The zero-order valence-electron chi connectivity index (χ0n) is 6.74. The average Bonchev–Trinajstić information content (AvgIpc) is 2.55. The second-order valence-electron chi connectivity index (χ2n) is 1.81. The van der Waals surface area contributed by atoms with Crippen molar-refractivity contribution in [2.75, 3.05) is 0 Å². The van der Waals surface area contributed by atoms with E-state index in [4.69, 9.17) is 0 Å². The van der Waals surface area contributed by atoms with E-state index in [1.807, 2.05) is 32.2 Å². The fourth-order valence-corrected chi connectivity index (χ4v) is 1.54. The summed E-state index contributed by atoms with van der Waals surface area (Å²) in [4.78, 5) is 4.15. The summed E-state index contributed by atoms with van der Waals surface area (Å²) < 4.78 is 1.26.